The van der Waals surface area contributed by atoms with Crippen LogP contribution >= 0.6 is 0 Å². The van der Waals surface area contributed by atoms with Crippen molar-refractivity contribution in [1.82, 2.24) is 19.9 Å². The second-order valence-corrected chi connectivity index (χ2v) is 4.21. The molecule has 0 atom stereocenters. The summed E-state index contributed by atoms with van der Waals surface area (Å²) in [7, 11) is 0. The molecule has 6 nitrogen and oxygen atoms in total. The van der Waals surface area contributed by atoms with Crippen molar-refractivity contribution in [2.45, 2.75) is 25.4 Å². The van der Waals surface area contributed by atoms with Gasteiger partial charge in [0.05, 0.1) is 12.1 Å². The van der Waals surface area contributed by atoms with Crippen molar-refractivity contribution < 1.29 is 9.90 Å². The summed E-state index contributed by atoms with van der Waals surface area (Å²) in [5.74, 6) is -0.257. The number of hydrogen-bond donors (Lipinski definition) is 2. The first kappa shape index (κ1) is 10.2. The van der Waals surface area contributed by atoms with Crippen molar-refractivity contribution in [3.05, 3.63) is 29.7 Å². The number of carbonyl (C=O) groups is 1. The summed E-state index contributed by atoms with van der Waals surface area (Å²) in [6.45, 7) is 0.634. The van der Waals surface area contributed by atoms with E-state index in [0.717, 1.165) is 0 Å². The molecule has 1 fully saturated rings. The number of aromatic carboxylic acids is 1. The number of pyridine rings is 1. The van der Waals surface area contributed by atoms with Gasteiger partial charge in [-0.1, -0.05) is 0 Å². The first-order valence-corrected chi connectivity index (χ1v) is 5.54. The molecule has 0 aromatic carbocycles. The van der Waals surface area contributed by atoms with E-state index in [-0.39, 0.29) is 5.56 Å². The summed E-state index contributed by atoms with van der Waals surface area (Å²) in [5, 5.41) is 16.4. The van der Waals surface area contributed by atoms with Gasteiger partial charge >= 0.3 is 5.97 Å². The molecule has 1 aliphatic carbocycles. The molecule has 0 saturated heterocycles. The summed E-state index contributed by atoms with van der Waals surface area (Å²) < 4.78 is 1.59. The van der Waals surface area contributed by atoms with Gasteiger partial charge in [0.1, 0.15) is 0 Å². The van der Waals surface area contributed by atoms with E-state index in [9.17, 15) is 4.79 Å². The van der Waals surface area contributed by atoms with E-state index in [0.29, 0.717) is 24.1 Å². The normalized spacial score (nSPS) is 15.3. The Morgan fingerprint density at radius 3 is 3.12 bits per heavy atom. The highest BCUT2D eigenvalue weighted by molar-refractivity contribution is 5.88. The van der Waals surface area contributed by atoms with Gasteiger partial charge in [0.2, 0.25) is 0 Å². The summed E-state index contributed by atoms with van der Waals surface area (Å²) in [5.41, 5.74) is 0.795. The molecular formula is C11H12N4O2. The predicted molar refractivity (Wildman–Crippen MR) is 59.8 cm³/mol. The molecule has 2 N–H and O–H groups in total. The Morgan fingerprint density at radius 1 is 1.59 bits per heavy atom. The number of nitrogens with one attached hydrogen (secondary N) is 1. The Balaban J connectivity index is 1.86. The Bertz CT molecular complexity index is 574. The van der Waals surface area contributed by atoms with Crippen LogP contribution < -0.4 is 5.32 Å². The van der Waals surface area contributed by atoms with Gasteiger partial charge in [0.15, 0.2) is 11.5 Å². The van der Waals surface area contributed by atoms with Crippen molar-refractivity contribution in [2.24, 2.45) is 0 Å². The highest BCUT2D eigenvalue weighted by Crippen LogP contribution is 2.18. The highest BCUT2D eigenvalue weighted by Gasteiger charge is 2.20. The molecule has 2 heterocycles. The zero-order chi connectivity index (χ0) is 11.8. The quantitative estimate of drug-likeness (QED) is 0.810. The summed E-state index contributed by atoms with van der Waals surface area (Å²) in [6.07, 6.45) is 4.06. The number of carboxylic acid groups (broad SMARTS) is 1. The van der Waals surface area contributed by atoms with E-state index in [1.165, 1.54) is 25.0 Å². The van der Waals surface area contributed by atoms with E-state index in [4.69, 9.17) is 5.11 Å². The minimum atomic E-state index is -0.951. The molecule has 0 unspecified atom stereocenters. The number of carboxylic acids is 1. The van der Waals surface area contributed by atoms with Crippen molar-refractivity contribution in [3.63, 3.8) is 0 Å². The average Bonchev–Trinajstić information content (AvgIpc) is 3.04. The van der Waals surface area contributed by atoms with E-state index >= 15 is 0 Å². The number of aromatic nitrogens is 3. The molecule has 0 radical (unpaired) electrons. The van der Waals surface area contributed by atoms with Crippen LogP contribution in [0.4, 0.5) is 0 Å². The van der Waals surface area contributed by atoms with Gasteiger partial charge in [-0.25, -0.2) is 14.3 Å². The third kappa shape index (κ3) is 2.12. The first-order valence-electron chi connectivity index (χ1n) is 5.54. The lowest BCUT2D eigenvalue weighted by atomic mass is 10.3. The summed E-state index contributed by atoms with van der Waals surface area (Å²) in [4.78, 5) is 15.1. The van der Waals surface area contributed by atoms with Crippen LogP contribution in [0.25, 0.3) is 5.65 Å². The molecule has 1 aliphatic rings. The molecule has 17 heavy (non-hydrogen) atoms. The lowest BCUT2D eigenvalue weighted by Gasteiger charge is -1.95. The minimum absolute atomic E-state index is 0.228. The maximum absolute atomic E-state index is 10.8. The van der Waals surface area contributed by atoms with Crippen molar-refractivity contribution in [1.29, 1.82) is 0 Å². The zero-order valence-corrected chi connectivity index (χ0v) is 9.13. The van der Waals surface area contributed by atoms with Gasteiger partial charge < -0.3 is 10.4 Å². The largest absolute Gasteiger partial charge is 0.478 e. The highest BCUT2D eigenvalue weighted by atomic mass is 16.4. The zero-order valence-electron chi connectivity index (χ0n) is 9.13. The molecule has 6 heteroatoms. The number of hydrogen-bond acceptors (Lipinski definition) is 4. The van der Waals surface area contributed by atoms with Crippen LogP contribution in [0, 0.1) is 0 Å². The molecule has 88 valence electrons. The molecule has 2 aromatic rings. The molecule has 0 spiro atoms. The van der Waals surface area contributed by atoms with Gasteiger partial charge in [-0.15, -0.1) is 5.10 Å². The summed E-state index contributed by atoms with van der Waals surface area (Å²) >= 11 is 0. The number of rotatable bonds is 4. The minimum Gasteiger partial charge on any atom is -0.478 e. The van der Waals surface area contributed by atoms with E-state index < -0.39 is 5.97 Å². The van der Waals surface area contributed by atoms with Crippen molar-refractivity contribution in [3.8, 4) is 0 Å². The first-order chi connectivity index (χ1) is 8.22. The summed E-state index contributed by atoms with van der Waals surface area (Å²) in [6, 6.07) is 3.65. The Hall–Kier alpha value is -1.95. The fourth-order valence-corrected chi connectivity index (χ4v) is 1.66. The second kappa shape index (κ2) is 3.81. The van der Waals surface area contributed by atoms with Gasteiger partial charge in [-0.2, -0.15) is 0 Å². The van der Waals surface area contributed by atoms with Crippen LogP contribution in [0.3, 0.4) is 0 Å². The lowest BCUT2D eigenvalue weighted by molar-refractivity contribution is 0.0697. The Labute approximate surface area is 97.3 Å². The van der Waals surface area contributed by atoms with Crippen LogP contribution in [-0.4, -0.2) is 31.7 Å². The Kier molecular flexibility index (Phi) is 2.29. The van der Waals surface area contributed by atoms with Crippen LogP contribution in [0.2, 0.25) is 0 Å². The lowest BCUT2D eigenvalue weighted by Crippen LogP contribution is -2.16. The number of fused-ring (bicyclic) bond motifs is 1. The van der Waals surface area contributed by atoms with Crippen LogP contribution in [0.1, 0.15) is 29.0 Å². The van der Waals surface area contributed by atoms with Gasteiger partial charge in [-0.05, 0) is 25.0 Å². The van der Waals surface area contributed by atoms with Gasteiger partial charge in [0.25, 0.3) is 0 Å². The van der Waals surface area contributed by atoms with Crippen LogP contribution in [-0.2, 0) is 6.54 Å². The topological polar surface area (TPSA) is 79.5 Å². The molecule has 2 aromatic heterocycles. The SMILES string of the molecule is O=C(O)c1ccn2nc(CNC3CC3)nc2c1. The fraction of sp³-hybridized carbons (Fsp3) is 0.364. The molecule has 0 bridgehead atoms. The Morgan fingerprint density at radius 2 is 2.41 bits per heavy atom. The third-order valence-corrected chi connectivity index (χ3v) is 2.75. The predicted octanol–water partition coefficient (Wildman–Crippen LogP) is 0.679. The van der Waals surface area contributed by atoms with Crippen LogP contribution in [0.15, 0.2) is 18.3 Å². The second-order valence-electron chi connectivity index (χ2n) is 4.21. The molecule has 3 rings (SSSR count). The smallest absolute Gasteiger partial charge is 0.335 e. The molecular weight excluding hydrogens is 220 g/mol. The standard InChI is InChI=1S/C11H12N4O2/c16-11(17)7-3-4-15-10(5-7)13-9(14-15)6-12-8-1-2-8/h3-5,8,12H,1-2,6H2,(H,16,17). The van der Waals surface area contributed by atoms with Gasteiger partial charge in [0, 0.05) is 12.2 Å². The molecule has 1 saturated carbocycles. The van der Waals surface area contributed by atoms with Crippen molar-refractivity contribution in [2.75, 3.05) is 0 Å². The van der Waals surface area contributed by atoms with Crippen LogP contribution in [0.5, 0.6) is 0 Å². The maximum Gasteiger partial charge on any atom is 0.335 e. The van der Waals surface area contributed by atoms with Crippen molar-refractivity contribution >= 4 is 11.6 Å². The third-order valence-electron chi connectivity index (χ3n) is 2.75. The molecule has 0 amide bonds. The van der Waals surface area contributed by atoms with E-state index in [2.05, 4.69) is 15.4 Å². The van der Waals surface area contributed by atoms with E-state index in [1.807, 2.05) is 0 Å². The monoisotopic (exact) mass is 232 g/mol. The number of nitrogens with zero attached hydrogens (tertiary/aromatic N) is 3. The molecule has 0 aliphatic heterocycles. The maximum atomic E-state index is 10.8. The van der Waals surface area contributed by atoms with E-state index in [1.54, 1.807) is 10.7 Å². The average molecular weight is 232 g/mol. The fourth-order valence-electron chi connectivity index (χ4n) is 1.66. The van der Waals surface area contributed by atoms with Gasteiger partial charge in [-0.3, -0.25) is 0 Å².